The monoisotopic (exact) mass is 333 g/mol. The van der Waals surface area contributed by atoms with Crippen LogP contribution in [-0.2, 0) is 4.74 Å². The smallest absolute Gasteiger partial charge is 0.412 e. The number of benzene rings is 1. The maximum atomic E-state index is 14.3. The number of ether oxygens (including phenoxy) is 1. The number of nitrogens with zero attached hydrogens (tertiary/aromatic N) is 5. The number of carbonyl (C=O) groups excluding carboxylic acids is 1. The Bertz CT molecular complexity index is 942. The minimum atomic E-state index is -0.947. The van der Waals surface area contributed by atoms with E-state index in [9.17, 15) is 19.6 Å². The largest absolute Gasteiger partial charge is 0.618 e. The molecule has 3 aromatic rings. The van der Waals surface area contributed by atoms with Gasteiger partial charge in [-0.25, -0.2) is 18.9 Å². The SMILES string of the molecule is CCOC(=O)c1c(C)[n+]([O-])c2cc(-n3cncn3)c(F)cc2[n+]1[O-]. The summed E-state index contributed by atoms with van der Waals surface area (Å²) in [7, 11) is 0. The molecule has 3 rings (SSSR count). The molecule has 0 amide bonds. The van der Waals surface area contributed by atoms with E-state index in [1.165, 1.54) is 25.6 Å². The van der Waals surface area contributed by atoms with Gasteiger partial charge in [0.15, 0.2) is 5.82 Å². The Kier molecular flexibility index (Phi) is 3.72. The van der Waals surface area contributed by atoms with Gasteiger partial charge in [-0.05, 0) is 6.92 Å². The second-order valence-corrected chi connectivity index (χ2v) is 4.88. The lowest BCUT2D eigenvalue weighted by Gasteiger charge is -2.11. The second-order valence-electron chi connectivity index (χ2n) is 4.88. The first-order valence-corrected chi connectivity index (χ1v) is 6.96. The summed E-state index contributed by atoms with van der Waals surface area (Å²) in [5.41, 5.74) is -1.07. The van der Waals surface area contributed by atoms with Gasteiger partial charge in [-0.15, -0.1) is 4.73 Å². The minimum Gasteiger partial charge on any atom is -0.618 e. The highest BCUT2D eigenvalue weighted by molar-refractivity contribution is 5.87. The highest BCUT2D eigenvalue weighted by Gasteiger charge is 2.33. The van der Waals surface area contributed by atoms with E-state index >= 15 is 0 Å². The molecule has 0 atom stereocenters. The van der Waals surface area contributed by atoms with E-state index in [0.717, 1.165) is 10.7 Å². The summed E-state index contributed by atoms with van der Waals surface area (Å²) < 4.78 is 20.8. The molecular formula is C14H12FN5O4. The third kappa shape index (κ3) is 2.28. The number of fused-ring (bicyclic) bond motifs is 1. The van der Waals surface area contributed by atoms with Crippen LogP contribution in [0.2, 0.25) is 0 Å². The number of rotatable bonds is 3. The van der Waals surface area contributed by atoms with Gasteiger partial charge in [-0.3, -0.25) is 0 Å². The fourth-order valence-electron chi connectivity index (χ4n) is 2.35. The molecule has 0 unspecified atom stereocenters. The van der Waals surface area contributed by atoms with Gasteiger partial charge in [-0.1, -0.05) is 0 Å². The van der Waals surface area contributed by atoms with E-state index in [4.69, 9.17) is 4.74 Å². The zero-order valence-electron chi connectivity index (χ0n) is 12.8. The van der Waals surface area contributed by atoms with Crippen molar-refractivity contribution in [3.8, 4) is 5.69 Å². The molecule has 0 spiro atoms. The summed E-state index contributed by atoms with van der Waals surface area (Å²) in [6, 6.07) is 2.04. The number of carbonyl (C=O) groups is 1. The minimum absolute atomic E-state index is 0.0365. The Labute approximate surface area is 134 Å². The maximum Gasteiger partial charge on any atom is 0.412 e. The van der Waals surface area contributed by atoms with E-state index in [1.807, 2.05) is 0 Å². The first-order chi connectivity index (χ1) is 11.5. The second kappa shape index (κ2) is 5.72. The Hall–Kier alpha value is -3.30. The third-order valence-electron chi connectivity index (χ3n) is 3.47. The molecule has 2 heterocycles. The Balaban J connectivity index is 2.32. The number of hydrogen-bond acceptors (Lipinski definition) is 6. The number of halogens is 1. The van der Waals surface area contributed by atoms with Crippen molar-refractivity contribution in [2.24, 2.45) is 0 Å². The molecule has 0 aliphatic heterocycles. The molecular weight excluding hydrogens is 321 g/mol. The van der Waals surface area contributed by atoms with Crippen molar-refractivity contribution in [2.45, 2.75) is 13.8 Å². The highest BCUT2D eigenvalue weighted by atomic mass is 19.1. The van der Waals surface area contributed by atoms with Gasteiger partial charge >= 0.3 is 11.7 Å². The predicted molar refractivity (Wildman–Crippen MR) is 77.4 cm³/mol. The number of hydrogen-bond donors (Lipinski definition) is 0. The zero-order valence-corrected chi connectivity index (χ0v) is 12.8. The van der Waals surface area contributed by atoms with Gasteiger partial charge in [0.25, 0.3) is 16.7 Å². The van der Waals surface area contributed by atoms with Gasteiger partial charge in [0, 0.05) is 13.0 Å². The Morgan fingerprint density at radius 3 is 2.67 bits per heavy atom. The summed E-state index contributed by atoms with van der Waals surface area (Å²) >= 11 is 0. The molecule has 0 bridgehead atoms. The van der Waals surface area contributed by atoms with Gasteiger partial charge < -0.3 is 15.2 Å². The van der Waals surface area contributed by atoms with Gasteiger partial charge in [-0.2, -0.15) is 9.83 Å². The first kappa shape index (κ1) is 15.6. The molecule has 0 radical (unpaired) electrons. The molecule has 0 saturated heterocycles. The van der Waals surface area contributed by atoms with Crippen molar-refractivity contribution in [3.63, 3.8) is 0 Å². The van der Waals surface area contributed by atoms with Crippen molar-refractivity contribution in [2.75, 3.05) is 6.61 Å². The third-order valence-corrected chi connectivity index (χ3v) is 3.47. The molecule has 2 aromatic heterocycles. The van der Waals surface area contributed by atoms with Crippen molar-refractivity contribution in [3.05, 3.63) is 52.4 Å². The maximum absolute atomic E-state index is 14.3. The highest BCUT2D eigenvalue weighted by Crippen LogP contribution is 2.18. The van der Waals surface area contributed by atoms with E-state index in [1.54, 1.807) is 6.92 Å². The normalized spacial score (nSPS) is 11.0. The van der Waals surface area contributed by atoms with E-state index in [2.05, 4.69) is 10.1 Å². The van der Waals surface area contributed by atoms with Crippen molar-refractivity contribution in [1.82, 2.24) is 14.8 Å². The lowest BCUT2D eigenvalue weighted by Crippen LogP contribution is -2.47. The van der Waals surface area contributed by atoms with Crippen LogP contribution in [0.1, 0.15) is 23.1 Å². The molecule has 9 nitrogen and oxygen atoms in total. The van der Waals surface area contributed by atoms with Crippen LogP contribution < -0.4 is 9.46 Å². The molecule has 0 aliphatic rings. The predicted octanol–water partition coefficient (Wildman–Crippen LogP) is 0.312. The fourth-order valence-corrected chi connectivity index (χ4v) is 2.35. The molecule has 24 heavy (non-hydrogen) atoms. The van der Waals surface area contributed by atoms with Crippen LogP contribution in [0, 0.1) is 23.2 Å². The summed E-state index contributed by atoms with van der Waals surface area (Å²) in [4.78, 5) is 15.6. The van der Waals surface area contributed by atoms with Crippen LogP contribution >= 0.6 is 0 Å². The van der Waals surface area contributed by atoms with Crippen LogP contribution in [0.15, 0.2) is 24.8 Å². The topological polar surface area (TPSA) is 111 Å². The summed E-state index contributed by atoms with van der Waals surface area (Å²) in [5, 5.41) is 28.7. The first-order valence-electron chi connectivity index (χ1n) is 6.96. The van der Waals surface area contributed by atoms with Crippen LogP contribution in [0.25, 0.3) is 16.7 Å². The molecule has 0 N–H and O–H groups in total. The molecule has 10 heteroatoms. The average Bonchev–Trinajstić information content (AvgIpc) is 3.07. The van der Waals surface area contributed by atoms with Gasteiger partial charge in [0.2, 0.25) is 0 Å². The van der Waals surface area contributed by atoms with Crippen LogP contribution in [0.5, 0.6) is 0 Å². The molecule has 0 fully saturated rings. The zero-order chi connectivity index (χ0) is 17.4. The summed E-state index contributed by atoms with van der Waals surface area (Å²) in [6.07, 6.45) is 2.46. The summed E-state index contributed by atoms with van der Waals surface area (Å²) in [5.74, 6) is -1.74. The van der Waals surface area contributed by atoms with Crippen molar-refractivity contribution >= 4 is 17.0 Å². The number of aromatic nitrogens is 5. The van der Waals surface area contributed by atoms with E-state index < -0.39 is 17.5 Å². The molecule has 124 valence electrons. The van der Waals surface area contributed by atoms with Gasteiger partial charge in [0.1, 0.15) is 18.3 Å². The Morgan fingerprint density at radius 2 is 2.04 bits per heavy atom. The number of esters is 1. The fraction of sp³-hybridized carbons (Fsp3) is 0.214. The summed E-state index contributed by atoms with van der Waals surface area (Å²) in [6.45, 7) is 2.92. The van der Waals surface area contributed by atoms with Crippen LogP contribution in [0.4, 0.5) is 4.39 Å². The molecule has 0 saturated carbocycles. The quantitative estimate of drug-likeness (QED) is 0.387. The van der Waals surface area contributed by atoms with Crippen molar-refractivity contribution < 1.29 is 23.4 Å². The van der Waals surface area contributed by atoms with Gasteiger partial charge in [0.05, 0.1) is 12.7 Å². The molecule has 0 aliphatic carbocycles. The standard InChI is InChI=1S/C14H12FN5O4/c1-3-24-14(21)13-8(2)19(22)12-5-10(18-7-16-6-17-18)9(15)4-11(12)20(13)23/h4-7H,3H2,1-2H3. The lowest BCUT2D eigenvalue weighted by molar-refractivity contribution is -0.635. The van der Waals surface area contributed by atoms with Crippen LogP contribution in [-0.4, -0.2) is 27.3 Å². The lowest BCUT2D eigenvalue weighted by atomic mass is 10.2. The van der Waals surface area contributed by atoms with Crippen LogP contribution in [0.3, 0.4) is 0 Å². The molecule has 1 aromatic carbocycles. The average molecular weight is 333 g/mol. The van der Waals surface area contributed by atoms with E-state index in [-0.39, 0.29) is 33.8 Å². The Morgan fingerprint density at radius 1 is 1.33 bits per heavy atom. The van der Waals surface area contributed by atoms with E-state index in [0.29, 0.717) is 4.73 Å². The van der Waals surface area contributed by atoms with Crippen molar-refractivity contribution in [1.29, 1.82) is 0 Å².